The minimum Gasteiger partial charge on any atom is -0.425 e. The number of halogens is 1. The van der Waals surface area contributed by atoms with Crippen molar-refractivity contribution < 1.29 is 9.53 Å². The number of ether oxygens (including phenoxy) is 1. The lowest BCUT2D eigenvalue weighted by Gasteiger charge is -2.04. The summed E-state index contributed by atoms with van der Waals surface area (Å²) in [6.45, 7) is 1.31. The van der Waals surface area contributed by atoms with Crippen LogP contribution < -0.4 is 10.5 Å². The van der Waals surface area contributed by atoms with E-state index in [0.717, 1.165) is 0 Å². The van der Waals surface area contributed by atoms with Crippen LogP contribution in [0.25, 0.3) is 0 Å². The van der Waals surface area contributed by atoms with E-state index in [1.165, 1.54) is 6.92 Å². The van der Waals surface area contributed by atoms with Gasteiger partial charge in [-0.05, 0) is 12.1 Å². The van der Waals surface area contributed by atoms with E-state index in [-0.39, 0.29) is 5.02 Å². The van der Waals surface area contributed by atoms with Gasteiger partial charge in [0.15, 0.2) is 5.75 Å². The highest BCUT2D eigenvalue weighted by Gasteiger charge is 2.05. The van der Waals surface area contributed by atoms with Crippen LogP contribution in [0, 0.1) is 0 Å². The molecule has 0 aliphatic rings. The highest BCUT2D eigenvalue weighted by molar-refractivity contribution is 6.34. The maximum absolute atomic E-state index is 10.6. The maximum Gasteiger partial charge on any atom is 0.308 e. The van der Waals surface area contributed by atoms with Crippen molar-refractivity contribution in [3.05, 3.63) is 23.2 Å². The highest BCUT2D eigenvalue weighted by atomic mass is 35.5. The first-order valence-electron chi connectivity index (χ1n) is 3.33. The number of anilines is 1. The Balaban J connectivity index is 3.00. The summed E-state index contributed by atoms with van der Waals surface area (Å²) >= 11 is 5.74. The van der Waals surface area contributed by atoms with Crippen LogP contribution in [0.3, 0.4) is 0 Å². The van der Waals surface area contributed by atoms with Crippen LogP contribution in [-0.2, 0) is 4.79 Å². The number of benzene rings is 1. The molecule has 12 heavy (non-hydrogen) atoms. The molecule has 0 heterocycles. The summed E-state index contributed by atoms with van der Waals surface area (Å²) in [5.74, 6) is -0.119. The summed E-state index contributed by atoms with van der Waals surface area (Å²) in [7, 11) is 0. The van der Waals surface area contributed by atoms with Gasteiger partial charge < -0.3 is 10.5 Å². The number of nitrogens with two attached hydrogens (primary N) is 1. The minimum atomic E-state index is -0.414. The highest BCUT2D eigenvalue weighted by Crippen LogP contribution is 2.29. The maximum atomic E-state index is 10.6. The molecule has 0 radical (unpaired) electrons. The van der Waals surface area contributed by atoms with Crippen LogP contribution >= 0.6 is 11.6 Å². The molecule has 4 heteroatoms. The zero-order chi connectivity index (χ0) is 9.14. The lowest BCUT2D eigenvalue weighted by Crippen LogP contribution is -2.02. The average Bonchev–Trinajstić information content (AvgIpc) is 1.98. The van der Waals surface area contributed by atoms with Crippen molar-refractivity contribution in [2.75, 3.05) is 5.73 Å². The van der Waals surface area contributed by atoms with E-state index in [9.17, 15) is 4.79 Å². The van der Waals surface area contributed by atoms with Gasteiger partial charge in [-0.1, -0.05) is 17.7 Å². The van der Waals surface area contributed by atoms with Gasteiger partial charge in [0.25, 0.3) is 0 Å². The van der Waals surface area contributed by atoms with Gasteiger partial charge in [0.2, 0.25) is 0 Å². The monoisotopic (exact) mass is 185 g/mol. The predicted molar refractivity (Wildman–Crippen MR) is 47.2 cm³/mol. The summed E-state index contributed by atoms with van der Waals surface area (Å²) in [6, 6.07) is 4.88. The number of hydrogen-bond donors (Lipinski definition) is 1. The second kappa shape index (κ2) is 3.45. The van der Waals surface area contributed by atoms with E-state index >= 15 is 0 Å². The van der Waals surface area contributed by atoms with Crippen LogP contribution in [0.15, 0.2) is 18.2 Å². The number of carbonyl (C=O) groups is 1. The van der Waals surface area contributed by atoms with Crippen molar-refractivity contribution in [1.82, 2.24) is 0 Å². The molecule has 0 saturated heterocycles. The molecule has 1 aromatic rings. The largest absolute Gasteiger partial charge is 0.425 e. The van der Waals surface area contributed by atoms with Gasteiger partial charge >= 0.3 is 5.97 Å². The van der Waals surface area contributed by atoms with Crippen molar-refractivity contribution in [2.45, 2.75) is 6.92 Å². The summed E-state index contributed by atoms with van der Waals surface area (Å²) in [5, 5.41) is 0.271. The second-order valence-electron chi connectivity index (χ2n) is 2.25. The fourth-order valence-corrected chi connectivity index (χ4v) is 0.926. The Labute approximate surface area is 75.1 Å². The molecule has 0 bridgehead atoms. The number of carbonyl (C=O) groups excluding carboxylic acids is 1. The first-order chi connectivity index (χ1) is 5.61. The van der Waals surface area contributed by atoms with E-state index in [2.05, 4.69) is 0 Å². The Bertz CT molecular complexity index is 312. The lowest BCUT2D eigenvalue weighted by atomic mass is 10.3. The standard InChI is InChI=1S/C8H8ClNO2/c1-5(11)12-7-4-2-3-6(10)8(7)9/h2-4H,10H2,1H3. The fourth-order valence-electron chi connectivity index (χ4n) is 0.761. The first-order valence-corrected chi connectivity index (χ1v) is 3.71. The molecule has 0 spiro atoms. The molecule has 1 aromatic carbocycles. The molecule has 1 rings (SSSR count). The van der Waals surface area contributed by atoms with E-state index in [0.29, 0.717) is 11.4 Å². The van der Waals surface area contributed by atoms with Gasteiger partial charge in [-0.3, -0.25) is 4.79 Å². The summed E-state index contributed by atoms with van der Waals surface area (Å²) in [5.41, 5.74) is 5.87. The topological polar surface area (TPSA) is 52.3 Å². The van der Waals surface area contributed by atoms with Crippen LogP contribution in [-0.4, -0.2) is 5.97 Å². The van der Waals surface area contributed by atoms with Gasteiger partial charge in [0, 0.05) is 6.92 Å². The van der Waals surface area contributed by atoms with Crippen LogP contribution in [0.5, 0.6) is 5.75 Å². The Kier molecular flexibility index (Phi) is 2.55. The SMILES string of the molecule is CC(=O)Oc1cccc(N)c1Cl. The lowest BCUT2D eigenvalue weighted by molar-refractivity contribution is -0.131. The van der Waals surface area contributed by atoms with Gasteiger partial charge in [-0.25, -0.2) is 0 Å². The van der Waals surface area contributed by atoms with Crippen molar-refractivity contribution in [3.8, 4) is 5.75 Å². The van der Waals surface area contributed by atoms with Crippen molar-refractivity contribution in [3.63, 3.8) is 0 Å². The van der Waals surface area contributed by atoms with Gasteiger partial charge in [0.1, 0.15) is 5.02 Å². The minimum absolute atomic E-state index is 0.271. The molecular weight excluding hydrogens is 178 g/mol. The molecule has 0 amide bonds. The molecule has 64 valence electrons. The molecule has 0 unspecified atom stereocenters. The molecule has 0 aromatic heterocycles. The van der Waals surface area contributed by atoms with Gasteiger partial charge in [0.05, 0.1) is 5.69 Å². The van der Waals surface area contributed by atoms with Gasteiger partial charge in [-0.2, -0.15) is 0 Å². The Morgan fingerprint density at radius 2 is 2.25 bits per heavy atom. The number of rotatable bonds is 1. The molecule has 2 N–H and O–H groups in total. The Hall–Kier alpha value is -1.22. The van der Waals surface area contributed by atoms with E-state index in [1.54, 1.807) is 18.2 Å². The molecular formula is C8H8ClNO2. The normalized spacial score (nSPS) is 9.50. The number of nitrogen functional groups attached to an aromatic ring is 1. The third-order valence-corrected chi connectivity index (χ3v) is 1.65. The quantitative estimate of drug-likeness (QED) is 0.413. The van der Waals surface area contributed by atoms with Crippen molar-refractivity contribution in [2.24, 2.45) is 0 Å². The average molecular weight is 186 g/mol. The van der Waals surface area contributed by atoms with Crippen LogP contribution in [0.1, 0.15) is 6.92 Å². The van der Waals surface area contributed by atoms with Gasteiger partial charge in [-0.15, -0.1) is 0 Å². The van der Waals surface area contributed by atoms with E-state index in [4.69, 9.17) is 22.1 Å². The summed E-state index contributed by atoms with van der Waals surface area (Å²) < 4.78 is 4.77. The molecule has 0 atom stereocenters. The molecule has 0 aliphatic heterocycles. The first kappa shape index (κ1) is 8.87. The zero-order valence-electron chi connectivity index (χ0n) is 6.50. The molecule has 3 nitrogen and oxygen atoms in total. The number of hydrogen-bond acceptors (Lipinski definition) is 3. The fraction of sp³-hybridized carbons (Fsp3) is 0.125. The second-order valence-corrected chi connectivity index (χ2v) is 2.63. The van der Waals surface area contributed by atoms with E-state index < -0.39 is 5.97 Å². The molecule has 0 saturated carbocycles. The van der Waals surface area contributed by atoms with Crippen molar-refractivity contribution >= 4 is 23.3 Å². The zero-order valence-corrected chi connectivity index (χ0v) is 7.26. The smallest absolute Gasteiger partial charge is 0.308 e. The molecule has 0 aliphatic carbocycles. The van der Waals surface area contributed by atoms with Crippen LogP contribution in [0.4, 0.5) is 5.69 Å². The van der Waals surface area contributed by atoms with E-state index in [1.807, 2.05) is 0 Å². The van der Waals surface area contributed by atoms with Crippen LogP contribution in [0.2, 0.25) is 5.02 Å². The molecule has 0 fully saturated rings. The predicted octanol–water partition coefficient (Wildman–Crippen LogP) is 1.85. The third kappa shape index (κ3) is 1.89. The third-order valence-electron chi connectivity index (χ3n) is 1.25. The summed E-state index contributed by atoms with van der Waals surface area (Å²) in [4.78, 5) is 10.6. The summed E-state index contributed by atoms with van der Waals surface area (Å²) in [6.07, 6.45) is 0. The Morgan fingerprint density at radius 1 is 1.58 bits per heavy atom. The van der Waals surface area contributed by atoms with Crippen molar-refractivity contribution in [1.29, 1.82) is 0 Å². The Morgan fingerprint density at radius 3 is 2.83 bits per heavy atom. The number of esters is 1.